The number of nitrogens with one attached hydrogen (secondary N) is 2. The number of urea groups is 1. The number of methoxy groups -OCH3 is 2. The quantitative estimate of drug-likeness (QED) is 0.179. The van der Waals surface area contributed by atoms with Gasteiger partial charge in [0.1, 0.15) is 29.2 Å². The first-order valence-corrected chi connectivity index (χ1v) is 22.1. The first kappa shape index (κ1) is 41.1. The van der Waals surface area contributed by atoms with Gasteiger partial charge in [-0.25, -0.2) is 18.2 Å². The maximum absolute atomic E-state index is 14.9. The second-order valence-electron chi connectivity index (χ2n) is 16.6. The van der Waals surface area contributed by atoms with Gasteiger partial charge < -0.3 is 29.3 Å². The van der Waals surface area contributed by atoms with E-state index in [0.717, 1.165) is 42.4 Å². The number of hydrogen-bond donors (Lipinski definition) is 2. The zero-order valence-corrected chi connectivity index (χ0v) is 35.3. The molecule has 4 atom stereocenters. The van der Waals surface area contributed by atoms with Crippen LogP contribution < -0.4 is 24.2 Å². The van der Waals surface area contributed by atoms with Crippen LogP contribution in [0.5, 0.6) is 17.4 Å². The number of rotatable bonds is 10. The Balaban J connectivity index is 1.15. The van der Waals surface area contributed by atoms with Crippen molar-refractivity contribution in [1.29, 1.82) is 0 Å². The molecule has 0 bridgehead atoms. The van der Waals surface area contributed by atoms with Gasteiger partial charge in [0.25, 0.3) is 5.91 Å². The van der Waals surface area contributed by atoms with Gasteiger partial charge in [-0.15, -0.1) is 0 Å². The molecule has 3 fully saturated rings. The van der Waals surface area contributed by atoms with E-state index in [2.05, 4.69) is 10.0 Å². The van der Waals surface area contributed by atoms with E-state index in [0.29, 0.717) is 60.0 Å². The lowest BCUT2D eigenvalue weighted by Crippen LogP contribution is -2.58. The summed E-state index contributed by atoms with van der Waals surface area (Å²) in [6.45, 7) is 4.33. The molecule has 8 rings (SSSR count). The number of nitrogens with zero attached hydrogens (tertiary/aromatic N) is 4. The predicted octanol–water partition coefficient (Wildman–Crippen LogP) is 6.07. The first-order valence-electron chi connectivity index (χ1n) is 20.7. The average molecular weight is 837 g/mol. The van der Waals surface area contributed by atoms with Gasteiger partial charge in [-0.2, -0.15) is 4.98 Å². The molecule has 1 saturated heterocycles. The van der Waals surface area contributed by atoms with E-state index in [4.69, 9.17) is 24.2 Å². The third-order valence-electron chi connectivity index (χ3n) is 12.4. The molecule has 4 aliphatic rings. The van der Waals surface area contributed by atoms with Gasteiger partial charge in [0.2, 0.25) is 21.8 Å². The van der Waals surface area contributed by atoms with Gasteiger partial charge in [0.05, 0.1) is 36.4 Å². The van der Waals surface area contributed by atoms with Crippen molar-refractivity contribution in [2.45, 2.75) is 94.2 Å². The van der Waals surface area contributed by atoms with Crippen LogP contribution in [0.3, 0.4) is 0 Å². The Labute approximate surface area is 350 Å². The number of amides is 4. The van der Waals surface area contributed by atoms with Gasteiger partial charge in [0.15, 0.2) is 5.82 Å². The van der Waals surface area contributed by atoms with Gasteiger partial charge >= 0.3 is 6.03 Å². The minimum Gasteiger partial charge on any atom is -0.497 e. The fraction of sp³-hybridized carbons (Fsp3) is 0.444. The molecule has 15 heteroatoms. The molecular formula is C45H52N6O8S. The second-order valence-corrected chi connectivity index (χ2v) is 18.8. The molecule has 4 amide bonds. The zero-order chi connectivity index (χ0) is 42.2. The molecule has 2 N–H and O–H groups in total. The van der Waals surface area contributed by atoms with Crippen molar-refractivity contribution in [3.05, 3.63) is 90.0 Å². The summed E-state index contributed by atoms with van der Waals surface area (Å²) in [7, 11) is -0.783. The maximum atomic E-state index is 14.9. The molecule has 0 unspecified atom stereocenters. The Morgan fingerprint density at radius 3 is 2.45 bits per heavy atom. The van der Waals surface area contributed by atoms with Crippen molar-refractivity contribution in [2.24, 2.45) is 5.92 Å². The van der Waals surface area contributed by atoms with E-state index in [1.807, 2.05) is 85.8 Å². The summed E-state index contributed by atoms with van der Waals surface area (Å²) in [4.78, 5) is 56.7. The zero-order valence-electron chi connectivity index (χ0n) is 34.5. The van der Waals surface area contributed by atoms with Gasteiger partial charge in [-0.1, -0.05) is 61.0 Å². The summed E-state index contributed by atoms with van der Waals surface area (Å²) in [6.07, 6.45) is 7.64. The Kier molecular flexibility index (Phi) is 11.2. The van der Waals surface area contributed by atoms with Crippen molar-refractivity contribution in [3.63, 3.8) is 0 Å². The van der Waals surface area contributed by atoms with Crippen molar-refractivity contribution < 1.29 is 37.0 Å². The number of ether oxygens (including phenoxy) is 3. The Bertz CT molecular complexity index is 2420. The molecule has 2 aliphatic carbocycles. The Morgan fingerprint density at radius 2 is 1.73 bits per heavy atom. The standard InChI is InChI=1S/C45H52N6O8S/c1-29-37(58-4)21-20-35-38(29)46-39(31-13-9-8-10-14-31)47-41(35)59-34-25-36-40(52)48-45(42(53)49-60(55,56)44(2)22-23-44)26-32(45)15-11-6-5-7-12-24-50(43(54)51(36)28-34)27-30-16-18-33(57-3)19-17-30/h8-11,13-21,32,34,36H,5-7,12,22-28H2,1-4H3,(H,48,52)(H,49,53)/t32-,34-,36+,45-/m1/s1. The molecule has 14 nitrogen and oxygen atoms in total. The summed E-state index contributed by atoms with van der Waals surface area (Å²) in [5.41, 5.74) is 1.63. The highest BCUT2D eigenvalue weighted by Crippen LogP contribution is 2.47. The van der Waals surface area contributed by atoms with E-state index in [-0.39, 0.29) is 25.4 Å². The minimum atomic E-state index is -3.98. The van der Waals surface area contributed by atoms with Crippen LogP contribution in [0.1, 0.15) is 69.4 Å². The van der Waals surface area contributed by atoms with Gasteiger partial charge in [-0.05, 0) is 82.2 Å². The molecule has 0 radical (unpaired) electrons. The lowest BCUT2D eigenvalue weighted by molar-refractivity contribution is -0.131. The van der Waals surface area contributed by atoms with Crippen LogP contribution in [0.2, 0.25) is 0 Å². The fourth-order valence-corrected chi connectivity index (χ4v) is 9.57. The van der Waals surface area contributed by atoms with Crippen LogP contribution in [-0.2, 0) is 26.2 Å². The number of fused-ring (bicyclic) bond motifs is 3. The van der Waals surface area contributed by atoms with Crippen LogP contribution in [0, 0.1) is 12.8 Å². The summed E-state index contributed by atoms with van der Waals surface area (Å²) < 4.78 is 45.6. The third-order valence-corrected chi connectivity index (χ3v) is 14.6. The number of hydrogen-bond acceptors (Lipinski definition) is 10. The van der Waals surface area contributed by atoms with Crippen molar-refractivity contribution >= 4 is 38.8 Å². The Morgan fingerprint density at radius 1 is 0.967 bits per heavy atom. The maximum Gasteiger partial charge on any atom is 0.321 e. The van der Waals surface area contributed by atoms with Gasteiger partial charge in [-0.3, -0.25) is 14.3 Å². The van der Waals surface area contributed by atoms with Crippen molar-refractivity contribution in [2.75, 3.05) is 27.3 Å². The van der Waals surface area contributed by atoms with E-state index in [1.54, 1.807) is 26.0 Å². The van der Waals surface area contributed by atoms with Gasteiger partial charge in [0, 0.05) is 36.6 Å². The van der Waals surface area contributed by atoms with Crippen molar-refractivity contribution in [1.82, 2.24) is 29.8 Å². The monoisotopic (exact) mass is 836 g/mol. The highest BCUT2D eigenvalue weighted by Gasteiger charge is 2.63. The van der Waals surface area contributed by atoms with Crippen LogP contribution >= 0.6 is 0 Å². The summed E-state index contributed by atoms with van der Waals surface area (Å²) in [5.74, 6) is 0.347. The predicted molar refractivity (Wildman–Crippen MR) is 226 cm³/mol. The number of aromatic nitrogens is 2. The normalized spacial score (nSPS) is 24.0. The largest absolute Gasteiger partial charge is 0.497 e. The van der Waals surface area contributed by atoms with Crippen LogP contribution in [0.25, 0.3) is 22.3 Å². The SMILES string of the molecule is COc1ccc(CN2CCCCCC=C[C@@H]3C[C@@]3(C(=O)NS(=O)(=O)C3(C)CC3)NC(=O)[C@@H]3C[C@@H](Oc4nc(-c5ccccc5)nc5c(C)c(OC)ccc45)CN3C2=O)cc1. The lowest BCUT2D eigenvalue weighted by atomic mass is 10.1. The number of carbonyl (C=O) groups excluding carboxylic acids is 3. The lowest BCUT2D eigenvalue weighted by Gasteiger charge is -2.32. The Hall–Kier alpha value is -5.70. The molecule has 2 aliphatic heterocycles. The number of allylic oxidation sites excluding steroid dienone is 1. The van der Waals surface area contributed by atoms with E-state index >= 15 is 0 Å². The number of carbonyl (C=O) groups is 3. The van der Waals surface area contributed by atoms with E-state index in [9.17, 15) is 22.8 Å². The molecule has 1 aromatic heterocycles. The fourth-order valence-electron chi connectivity index (χ4n) is 8.26. The highest BCUT2D eigenvalue weighted by molar-refractivity contribution is 7.91. The van der Waals surface area contributed by atoms with Crippen LogP contribution in [0.15, 0.2) is 78.9 Å². The molecule has 60 heavy (non-hydrogen) atoms. The molecular weight excluding hydrogens is 785 g/mol. The molecule has 3 aromatic carbocycles. The molecule has 316 valence electrons. The third kappa shape index (κ3) is 8.11. The van der Waals surface area contributed by atoms with Crippen LogP contribution in [-0.4, -0.2) is 95.8 Å². The summed E-state index contributed by atoms with van der Waals surface area (Å²) in [6, 6.07) is 19.3. The minimum absolute atomic E-state index is 0.0482. The molecule has 0 spiro atoms. The number of aryl methyl sites for hydroxylation is 1. The topological polar surface area (TPSA) is 169 Å². The summed E-state index contributed by atoms with van der Waals surface area (Å²) >= 11 is 0. The summed E-state index contributed by atoms with van der Waals surface area (Å²) in [5, 5.41) is 3.62. The first-order chi connectivity index (χ1) is 28.8. The number of sulfonamides is 1. The van der Waals surface area contributed by atoms with Crippen molar-refractivity contribution in [3.8, 4) is 28.8 Å². The molecule has 3 heterocycles. The van der Waals surface area contributed by atoms with E-state index in [1.165, 1.54) is 4.90 Å². The van der Waals surface area contributed by atoms with Crippen LogP contribution in [0.4, 0.5) is 4.79 Å². The second kappa shape index (κ2) is 16.4. The molecule has 2 saturated carbocycles. The van der Waals surface area contributed by atoms with E-state index < -0.39 is 50.2 Å². The smallest absolute Gasteiger partial charge is 0.321 e. The molecule has 4 aromatic rings. The average Bonchev–Trinajstić information content (AvgIpc) is 4.13. The number of benzene rings is 3. The highest BCUT2D eigenvalue weighted by atomic mass is 32.2.